The van der Waals surface area contributed by atoms with Gasteiger partial charge in [-0.1, -0.05) is 123 Å². The van der Waals surface area contributed by atoms with E-state index in [1.54, 1.807) is 0 Å². The molecule has 0 saturated carbocycles. The van der Waals surface area contributed by atoms with Gasteiger partial charge in [0, 0.05) is 0 Å². The summed E-state index contributed by atoms with van der Waals surface area (Å²) in [5.41, 5.74) is 0. The average Bonchev–Trinajstić information content (AvgIpc) is 2.85. The van der Waals surface area contributed by atoms with Gasteiger partial charge in [-0.05, 0) is 57.8 Å². The lowest BCUT2D eigenvalue weighted by molar-refractivity contribution is -0.0676. The predicted molar refractivity (Wildman–Crippen MR) is 182 cm³/mol. The van der Waals surface area contributed by atoms with Crippen molar-refractivity contribution >= 4 is 35.3 Å². The lowest BCUT2D eigenvalue weighted by atomic mass is 10.1. The third-order valence-electron chi connectivity index (χ3n) is 9.57. The number of hydrogen-bond acceptors (Lipinski definition) is 4. The first-order valence-electron chi connectivity index (χ1n) is 15.2. The van der Waals surface area contributed by atoms with Gasteiger partial charge in [-0.15, -0.1) is 0 Å². The monoisotopic (exact) mass is 612 g/mol. The topological polar surface area (TPSA) is 36.9 Å². The highest BCUT2D eigenvalue weighted by Gasteiger charge is 2.52. The van der Waals surface area contributed by atoms with Gasteiger partial charge in [0.05, 0.1) is 19.0 Å². The molecule has 0 aliphatic carbocycles. The van der Waals surface area contributed by atoms with E-state index in [9.17, 15) is 0 Å². The Hall–Kier alpha value is -1.49. The SMILES string of the molecule is CC(C)(C)[Si](C)(C)O[C@@H]1[C@H](O[Si](C)(C)C(C)(C)C)C=CO[C@@H]1CO[Si](c1ccccc1)(c1ccccc1)C(C)(C)C. The van der Waals surface area contributed by atoms with E-state index >= 15 is 0 Å². The minimum atomic E-state index is -2.74. The molecule has 1 heterocycles. The van der Waals surface area contributed by atoms with Crippen LogP contribution in [0.4, 0.5) is 0 Å². The molecule has 3 rings (SSSR count). The minimum absolute atomic E-state index is 0.0546. The zero-order valence-electron chi connectivity index (χ0n) is 28.0. The van der Waals surface area contributed by atoms with Crippen molar-refractivity contribution < 1.29 is 18.0 Å². The molecule has 1 aliphatic heterocycles. The van der Waals surface area contributed by atoms with Gasteiger partial charge in [0.15, 0.2) is 16.6 Å². The summed E-state index contributed by atoms with van der Waals surface area (Å²) in [4.78, 5) is 0. The zero-order chi connectivity index (χ0) is 30.9. The maximum Gasteiger partial charge on any atom is 0.261 e. The van der Waals surface area contributed by atoms with Crippen LogP contribution in [0.15, 0.2) is 73.0 Å². The second-order valence-electron chi connectivity index (χ2n) is 15.7. The molecule has 0 bridgehead atoms. The summed E-state index contributed by atoms with van der Waals surface area (Å²) in [6.45, 7) is 30.3. The molecule has 0 saturated heterocycles. The number of ether oxygens (including phenoxy) is 1. The third-order valence-corrected chi connectivity index (χ3v) is 23.5. The average molecular weight is 613 g/mol. The van der Waals surface area contributed by atoms with Gasteiger partial charge < -0.3 is 18.0 Å². The fourth-order valence-electron chi connectivity index (χ4n) is 5.01. The Morgan fingerprint density at radius 1 is 0.634 bits per heavy atom. The van der Waals surface area contributed by atoms with E-state index in [1.807, 2.05) is 6.26 Å². The summed E-state index contributed by atoms with van der Waals surface area (Å²) in [6, 6.07) is 21.6. The second-order valence-corrected chi connectivity index (χ2v) is 29.5. The molecule has 228 valence electrons. The Kier molecular flexibility index (Phi) is 10.2. The molecule has 0 radical (unpaired) electrons. The van der Waals surface area contributed by atoms with Gasteiger partial charge in [0.1, 0.15) is 12.2 Å². The van der Waals surface area contributed by atoms with Crippen molar-refractivity contribution in [1.29, 1.82) is 0 Å². The molecular weight excluding hydrogens is 557 g/mol. The summed E-state index contributed by atoms with van der Waals surface area (Å²) < 4.78 is 28.0. The third kappa shape index (κ3) is 7.36. The van der Waals surface area contributed by atoms with Crippen LogP contribution in [0.3, 0.4) is 0 Å². The van der Waals surface area contributed by atoms with Crippen LogP contribution >= 0.6 is 0 Å². The van der Waals surface area contributed by atoms with Crippen LogP contribution in [-0.2, 0) is 18.0 Å². The summed E-state index contributed by atoms with van der Waals surface area (Å²) in [5.74, 6) is 0. The maximum absolute atomic E-state index is 7.35. The molecular formula is C34H56O4Si3. The van der Waals surface area contributed by atoms with Crippen LogP contribution in [-0.4, -0.2) is 49.9 Å². The Bertz CT molecular complexity index is 1100. The van der Waals surface area contributed by atoms with Crippen LogP contribution in [0.5, 0.6) is 0 Å². The molecule has 2 aromatic rings. The van der Waals surface area contributed by atoms with Crippen molar-refractivity contribution in [2.75, 3.05) is 6.61 Å². The molecule has 4 nitrogen and oxygen atoms in total. The normalized spacial score (nSPS) is 21.0. The van der Waals surface area contributed by atoms with Gasteiger partial charge in [-0.2, -0.15) is 0 Å². The largest absolute Gasteiger partial charge is 0.493 e. The van der Waals surface area contributed by atoms with Crippen molar-refractivity contribution in [2.45, 2.75) is 122 Å². The molecule has 2 aromatic carbocycles. The van der Waals surface area contributed by atoms with Crippen molar-refractivity contribution in [3.63, 3.8) is 0 Å². The van der Waals surface area contributed by atoms with Crippen LogP contribution in [0.25, 0.3) is 0 Å². The van der Waals surface area contributed by atoms with Gasteiger partial charge in [0.2, 0.25) is 0 Å². The molecule has 0 unspecified atom stereocenters. The van der Waals surface area contributed by atoms with Crippen LogP contribution in [0.1, 0.15) is 62.3 Å². The fraction of sp³-hybridized carbons (Fsp3) is 0.588. The number of hydrogen-bond donors (Lipinski definition) is 0. The molecule has 0 aromatic heterocycles. The number of benzene rings is 2. The second kappa shape index (κ2) is 12.2. The summed E-state index contributed by atoms with van der Waals surface area (Å²) in [5, 5.41) is 2.55. The van der Waals surface area contributed by atoms with E-state index in [0.717, 1.165) is 0 Å². The molecule has 7 heteroatoms. The highest BCUT2D eigenvalue weighted by Crippen LogP contribution is 2.43. The zero-order valence-corrected chi connectivity index (χ0v) is 31.0. The smallest absolute Gasteiger partial charge is 0.261 e. The molecule has 3 atom stereocenters. The first kappa shape index (κ1) is 34.0. The Morgan fingerprint density at radius 3 is 1.49 bits per heavy atom. The van der Waals surface area contributed by atoms with E-state index in [2.05, 4.69) is 155 Å². The quantitative estimate of drug-likeness (QED) is 0.267. The Labute approximate surface area is 254 Å². The molecule has 41 heavy (non-hydrogen) atoms. The Morgan fingerprint density at radius 2 is 1.07 bits per heavy atom. The Balaban J connectivity index is 2.07. The summed E-state index contributed by atoms with van der Waals surface area (Å²) in [6.07, 6.45) is 3.16. The molecule has 0 spiro atoms. The van der Waals surface area contributed by atoms with E-state index in [4.69, 9.17) is 18.0 Å². The maximum atomic E-state index is 7.35. The van der Waals surface area contributed by atoms with Gasteiger partial charge >= 0.3 is 0 Å². The highest BCUT2D eigenvalue weighted by molar-refractivity contribution is 6.99. The first-order chi connectivity index (χ1) is 18.7. The van der Waals surface area contributed by atoms with Crippen molar-refractivity contribution in [3.05, 3.63) is 73.0 Å². The van der Waals surface area contributed by atoms with Crippen molar-refractivity contribution in [2.24, 2.45) is 0 Å². The summed E-state index contributed by atoms with van der Waals surface area (Å²) >= 11 is 0. The van der Waals surface area contributed by atoms with E-state index in [1.165, 1.54) is 10.4 Å². The van der Waals surface area contributed by atoms with E-state index in [0.29, 0.717) is 6.61 Å². The number of rotatable bonds is 9. The van der Waals surface area contributed by atoms with E-state index < -0.39 is 25.0 Å². The van der Waals surface area contributed by atoms with Crippen LogP contribution in [0, 0.1) is 0 Å². The van der Waals surface area contributed by atoms with Gasteiger partial charge in [0.25, 0.3) is 8.32 Å². The lowest BCUT2D eigenvalue weighted by Gasteiger charge is -2.48. The van der Waals surface area contributed by atoms with Gasteiger partial charge in [-0.3, -0.25) is 0 Å². The molecule has 0 fully saturated rings. The lowest BCUT2D eigenvalue weighted by Crippen LogP contribution is -2.67. The van der Waals surface area contributed by atoms with E-state index in [-0.39, 0.29) is 33.4 Å². The van der Waals surface area contributed by atoms with Crippen molar-refractivity contribution in [1.82, 2.24) is 0 Å². The first-order valence-corrected chi connectivity index (χ1v) is 22.9. The van der Waals surface area contributed by atoms with Crippen LogP contribution < -0.4 is 10.4 Å². The molecule has 0 amide bonds. The highest BCUT2D eigenvalue weighted by atomic mass is 28.4. The van der Waals surface area contributed by atoms with Gasteiger partial charge in [-0.25, -0.2) is 0 Å². The molecule has 0 N–H and O–H groups in total. The predicted octanol–water partition coefficient (Wildman–Crippen LogP) is 8.26. The minimum Gasteiger partial charge on any atom is -0.493 e. The standard InChI is InChI=1S/C34H56O4Si3/c1-32(2,3)39(10,11)37-29-24-25-35-30(31(29)38-40(12,13)33(4,5)6)26-36-41(34(7,8)9,27-20-16-14-17-21-27)28-22-18-15-19-23-28/h14-25,29-31H,26H2,1-13H3/t29-,30-,31-/m1/s1. The fourth-order valence-corrected chi connectivity index (χ4v) is 12.1. The van der Waals surface area contributed by atoms with Crippen LogP contribution in [0.2, 0.25) is 41.3 Å². The molecule has 1 aliphatic rings. The summed E-state index contributed by atoms with van der Waals surface area (Å²) in [7, 11) is -6.98. The van der Waals surface area contributed by atoms with Crippen molar-refractivity contribution in [3.8, 4) is 0 Å².